The topological polar surface area (TPSA) is 54.0 Å². The number of ketones is 1. The maximum absolute atomic E-state index is 13.8. The van der Waals surface area contributed by atoms with E-state index in [1.165, 1.54) is 0 Å². The number of rotatable bonds is 6. The molecular weight excluding hydrogens is 540 g/mol. The standard InChI is InChI=1S/C25H22Br2O5/c1-29-19-9-15-16(10-20(19)30-2)25(28)24(23(15)13-5-7-14(26)8-6-13)17-11-21(31-3)22(32-4)12-18(17)27/h5-12,23-24H,1-4H3. The van der Waals surface area contributed by atoms with E-state index in [-0.39, 0.29) is 11.7 Å². The minimum absolute atomic E-state index is 0.0155. The summed E-state index contributed by atoms with van der Waals surface area (Å²) in [5.41, 5.74) is 3.39. The molecule has 0 heterocycles. The Hall–Kier alpha value is -2.51. The number of halogens is 2. The highest BCUT2D eigenvalue weighted by Crippen LogP contribution is 2.53. The molecule has 0 saturated carbocycles. The number of Topliss-reactive ketones (excluding diaryl/α,β-unsaturated/α-hetero) is 1. The summed E-state index contributed by atoms with van der Waals surface area (Å²) in [5, 5.41) is 0. The van der Waals surface area contributed by atoms with Crippen LogP contribution in [0, 0.1) is 0 Å². The number of methoxy groups -OCH3 is 4. The van der Waals surface area contributed by atoms with E-state index >= 15 is 0 Å². The van der Waals surface area contributed by atoms with Gasteiger partial charge in [0.2, 0.25) is 0 Å². The molecule has 5 nitrogen and oxygen atoms in total. The molecule has 1 aliphatic rings. The number of ether oxygens (including phenoxy) is 4. The first-order valence-electron chi connectivity index (χ1n) is 9.90. The maximum atomic E-state index is 13.8. The third-order valence-corrected chi connectivity index (χ3v) is 7.05. The van der Waals surface area contributed by atoms with Crippen LogP contribution in [0.3, 0.4) is 0 Å². The molecule has 2 atom stereocenters. The summed E-state index contributed by atoms with van der Waals surface area (Å²) in [7, 11) is 6.34. The minimum Gasteiger partial charge on any atom is -0.493 e. The van der Waals surface area contributed by atoms with Crippen LogP contribution < -0.4 is 18.9 Å². The van der Waals surface area contributed by atoms with Crippen LogP contribution in [-0.2, 0) is 0 Å². The van der Waals surface area contributed by atoms with E-state index in [0.29, 0.717) is 28.6 Å². The van der Waals surface area contributed by atoms with E-state index in [0.717, 1.165) is 25.6 Å². The van der Waals surface area contributed by atoms with Crippen molar-refractivity contribution < 1.29 is 23.7 Å². The van der Waals surface area contributed by atoms with Gasteiger partial charge >= 0.3 is 0 Å². The lowest BCUT2D eigenvalue weighted by atomic mass is 9.81. The lowest BCUT2D eigenvalue weighted by Crippen LogP contribution is -2.14. The van der Waals surface area contributed by atoms with Gasteiger partial charge < -0.3 is 18.9 Å². The summed E-state index contributed by atoms with van der Waals surface area (Å²) in [6, 6.07) is 15.4. The van der Waals surface area contributed by atoms with Crippen LogP contribution in [-0.4, -0.2) is 34.2 Å². The van der Waals surface area contributed by atoms with Gasteiger partial charge in [0.1, 0.15) is 0 Å². The predicted octanol–water partition coefficient (Wildman–Crippen LogP) is 6.36. The lowest BCUT2D eigenvalue weighted by molar-refractivity contribution is 0.0967. The van der Waals surface area contributed by atoms with Gasteiger partial charge in [0, 0.05) is 20.4 Å². The molecular formula is C25H22Br2O5. The monoisotopic (exact) mass is 560 g/mol. The molecule has 4 rings (SSSR count). The Balaban J connectivity index is 1.97. The quantitative estimate of drug-likeness (QED) is 0.350. The first kappa shape index (κ1) is 22.7. The summed E-state index contributed by atoms with van der Waals surface area (Å²) in [6.07, 6.45) is 0. The van der Waals surface area contributed by atoms with E-state index in [9.17, 15) is 4.79 Å². The molecule has 0 aliphatic heterocycles. The largest absolute Gasteiger partial charge is 0.493 e. The van der Waals surface area contributed by atoms with Gasteiger partial charge in [-0.05, 0) is 53.1 Å². The van der Waals surface area contributed by atoms with E-state index in [1.807, 2.05) is 42.5 Å². The van der Waals surface area contributed by atoms with Gasteiger partial charge in [0.05, 0.1) is 34.4 Å². The zero-order chi connectivity index (χ0) is 23.0. The predicted molar refractivity (Wildman–Crippen MR) is 130 cm³/mol. The zero-order valence-electron chi connectivity index (χ0n) is 18.1. The fraction of sp³-hybridized carbons (Fsp3) is 0.240. The Morgan fingerprint density at radius 3 is 1.72 bits per heavy atom. The Labute approximate surface area is 203 Å². The van der Waals surface area contributed by atoms with Gasteiger partial charge in [-0.1, -0.05) is 44.0 Å². The molecule has 0 amide bonds. The van der Waals surface area contributed by atoms with Crippen molar-refractivity contribution in [2.24, 2.45) is 0 Å². The second kappa shape index (κ2) is 9.16. The second-order valence-electron chi connectivity index (χ2n) is 7.39. The van der Waals surface area contributed by atoms with Crippen LogP contribution in [0.15, 0.2) is 57.5 Å². The summed E-state index contributed by atoms with van der Waals surface area (Å²) in [4.78, 5) is 13.8. The molecule has 0 fully saturated rings. The van der Waals surface area contributed by atoms with Crippen molar-refractivity contribution in [2.45, 2.75) is 11.8 Å². The van der Waals surface area contributed by atoms with Crippen LogP contribution in [0.4, 0.5) is 0 Å². The molecule has 166 valence electrons. The second-order valence-corrected chi connectivity index (χ2v) is 9.16. The Kier molecular flexibility index (Phi) is 6.49. The van der Waals surface area contributed by atoms with Gasteiger partial charge in [0.15, 0.2) is 28.8 Å². The third kappa shape index (κ3) is 3.77. The molecule has 0 saturated heterocycles. The van der Waals surface area contributed by atoms with Crippen molar-refractivity contribution in [3.8, 4) is 23.0 Å². The van der Waals surface area contributed by atoms with Gasteiger partial charge in [-0.15, -0.1) is 0 Å². The summed E-state index contributed by atoms with van der Waals surface area (Å²) < 4.78 is 23.7. The van der Waals surface area contributed by atoms with Crippen molar-refractivity contribution >= 4 is 37.6 Å². The summed E-state index contributed by atoms with van der Waals surface area (Å²) in [6.45, 7) is 0. The molecule has 3 aromatic rings. The first-order valence-corrected chi connectivity index (χ1v) is 11.5. The Morgan fingerprint density at radius 1 is 0.656 bits per heavy atom. The van der Waals surface area contributed by atoms with E-state index in [4.69, 9.17) is 18.9 Å². The highest BCUT2D eigenvalue weighted by atomic mass is 79.9. The normalized spacial score (nSPS) is 17.1. The highest BCUT2D eigenvalue weighted by molar-refractivity contribution is 9.10. The molecule has 32 heavy (non-hydrogen) atoms. The minimum atomic E-state index is -0.461. The molecule has 0 aromatic heterocycles. The van der Waals surface area contributed by atoms with Crippen LogP contribution in [0.2, 0.25) is 0 Å². The fourth-order valence-electron chi connectivity index (χ4n) is 4.34. The van der Waals surface area contributed by atoms with Crippen LogP contribution in [0.5, 0.6) is 23.0 Å². The molecule has 0 spiro atoms. The third-order valence-electron chi connectivity index (χ3n) is 5.84. The molecule has 3 aromatic carbocycles. The van der Waals surface area contributed by atoms with Gasteiger partial charge in [-0.3, -0.25) is 4.79 Å². The number of hydrogen-bond acceptors (Lipinski definition) is 5. The number of carbonyl (C=O) groups is 1. The molecule has 1 aliphatic carbocycles. The van der Waals surface area contributed by atoms with E-state index in [2.05, 4.69) is 31.9 Å². The van der Waals surface area contributed by atoms with Gasteiger partial charge in [0.25, 0.3) is 0 Å². The number of carbonyl (C=O) groups excluding carboxylic acids is 1. The average Bonchev–Trinajstić information content (AvgIpc) is 3.09. The van der Waals surface area contributed by atoms with E-state index < -0.39 is 5.92 Å². The summed E-state index contributed by atoms with van der Waals surface area (Å²) in [5.74, 6) is 1.63. The van der Waals surface area contributed by atoms with Crippen LogP contribution in [0.1, 0.15) is 38.9 Å². The van der Waals surface area contributed by atoms with Gasteiger partial charge in [-0.2, -0.15) is 0 Å². The van der Waals surface area contributed by atoms with Crippen molar-refractivity contribution in [3.05, 3.63) is 79.7 Å². The first-order chi connectivity index (χ1) is 15.4. The lowest BCUT2D eigenvalue weighted by Gasteiger charge is -2.23. The van der Waals surface area contributed by atoms with Crippen LogP contribution in [0.25, 0.3) is 0 Å². The summed E-state index contributed by atoms with van der Waals surface area (Å²) >= 11 is 7.16. The maximum Gasteiger partial charge on any atom is 0.171 e. The molecule has 7 heteroatoms. The average molecular weight is 562 g/mol. The number of benzene rings is 3. The molecule has 2 unspecified atom stereocenters. The molecule has 0 bridgehead atoms. The smallest absolute Gasteiger partial charge is 0.171 e. The highest BCUT2D eigenvalue weighted by Gasteiger charge is 2.43. The van der Waals surface area contributed by atoms with Crippen molar-refractivity contribution in [3.63, 3.8) is 0 Å². The molecule has 0 radical (unpaired) electrons. The Morgan fingerprint density at radius 2 is 1.16 bits per heavy atom. The fourth-order valence-corrected chi connectivity index (χ4v) is 5.17. The number of fused-ring (bicyclic) bond motifs is 1. The van der Waals surface area contributed by atoms with Crippen molar-refractivity contribution in [1.29, 1.82) is 0 Å². The SMILES string of the molecule is COc1cc(Br)c(C2C(=O)c3cc(OC)c(OC)cc3C2c2ccc(Br)cc2)cc1OC. The molecule has 0 N–H and O–H groups in total. The van der Waals surface area contributed by atoms with Crippen molar-refractivity contribution in [2.75, 3.05) is 28.4 Å². The zero-order valence-corrected chi connectivity index (χ0v) is 21.2. The Bertz CT molecular complexity index is 1170. The van der Waals surface area contributed by atoms with Crippen LogP contribution >= 0.6 is 31.9 Å². The van der Waals surface area contributed by atoms with Crippen molar-refractivity contribution in [1.82, 2.24) is 0 Å². The van der Waals surface area contributed by atoms with Gasteiger partial charge in [-0.25, -0.2) is 0 Å². The number of hydrogen-bond donors (Lipinski definition) is 0. The van der Waals surface area contributed by atoms with E-state index in [1.54, 1.807) is 34.5 Å².